The summed E-state index contributed by atoms with van der Waals surface area (Å²) in [5.74, 6) is 2.89. The Morgan fingerprint density at radius 2 is 1.71 bits per heavy atom. The Morgan fingerprint density at radius 3 is 2.41 bits per heavy atom. The third-order valence-corrected chi connectivity index (χ3v) is 6.45. The first-order valence-corrected chi connectivity index (χ1v) is 11.8. The molecule has 2 saturated heterocycles. The van der Waals surface area contributed by atoms with E-state index >= 15 is 0 Å². The summed E-state index contributed by atoms with van der Waals surface area (Å²) < 4.78 is 17.3. The normalized spacial score (nSPS) is 21.3. The Morgan fingerprint density at radius 1 is 0.971 bits per heavy atom. The van der Waals surface area contributed by atoms with Gasteiger partial charge in [-0.25, -0.2) is 4.98 Å². The number of hydrogen-bond donors (Lipinski definition) is 1. The number of fused-ring (bicyclic) bond motifs is 1. The maximum Gasteiger partial charge on any atom is 0.229 e. The molecule has 0 saturated carbocycles. The number of rotatable bonds is 6. The van der Waals surface area contributed by atoms with Crippen LogP contribution in [-0.4, -0.2) is 91.9 Å². The molecule has 5 rings (SSSR count). The van der Waals surface area contributed by atoms with E-state index in [-0.39, 0.29) is 18.7 Å². The van der Waals surface area contributed by atoms with E-state index < -0.39 is 0 Å². The number of anilines is 3. The molecule has 0 bridgehead atoms. The predicted molar refractivity (Wildman–Crippen MR) is 131 cm³/mol. The quantitative estimate of drug-likeness (QED) is 0.579. The largest absolute Gasteiger partial charge is 0.439 e. The van der Waals surface area contributed by atoms with E-state index in [0.29, 0.717) is 61.9 Å². The van der Waals surface area contributed by atoms with E-state index in [9.17, 15) is 5.11 Å². The second-order valence-electron chi connectivity index (χ2n) is 8.93. The lowest BCUT2D eigenvalue weighted by atomic mass is 10.2. The Balaban J connectivity index is 1.58. The van der Waals surface area contributed by atoms with Crippen LogP contribution >= 0.6 is 0 Å². The summed E-state index contributed by atoms with van der Waals surface area (Å²) in [6.07, 6.45) is 0. The van der Waals surface area contributed by atoms with Gasteiger partial charge >= 0.3 is 0 Å². The van der Waals surface area contributed by atoms with E-state index in [0.717, 1.165) is 24.3 Å². The molecule has 3 aromatic rings. The Bertz CT molecular complexity index is 1140. The smallest absolute Gasteiger partial charge is 0.229 e. The molecule has 0 aliphatic carbocycles. The molecule has 2 aliphatic rings. The molecule has 10 heteroatoms. The molecule has 182 valence electrons. The van der Waals surface area contributed by atoms with Crippen molar-refractivity contribution in [3.05, 3.63) is 24.3 Å². The highest BCUT2D eigenvalue weighted by molar-refractivity contribution is 5.89. The van der Waals surface area contributed by atoms with Crippen LogP contribution < -0.4 is 14.7 Å². The van der Waals surface area contributed by atoms with Crippen molar-refractivity contribution in [2.45, 2.75) is 25.9 Å². The maximum absolute atomic E-state index is 9.21. The predicted octanol–water partition coefficient (Wildman–Crippen LogP) is 2.16. The number of ether oxygens (including phenoxy) is 2. The van der Waals surface area contributed by atoms with Crippen LogP contribution in [0, 0.1) is 0 Å². The molecule has 10 nitrogen and oxygen atoms in total. The Labute approximate surface area is 199 Å². The summed E-state index contributed by atoms with van der Waals surface area (Å²) in [6.45, 7) is 8.97. The molecule has 34 heavy (non-hydrogen) atoms. The van der Waals surface area contributed by atoms with Gasteiger partial charge in [0.2, 0.25) is 5.95 Å². The minimum atomic E-state index is 0.0587. The van der Waals surface area contributed by atoms with Crippen molar-refractivity contribution < 1.29 is 19.0 Å². The molecule has 2 fully saturated rings. The molecule has 3 aromatic heterocycles. The van der Waals surface area contributed by atoms with Crippen LogP contribution in [0.4, 0.5) is 17.7 Å². The molecule has 0 radical (unpaired) electrons. The van der Waals surface area contributed by atoms with Crippen molar-refractivity contribution in [2.75, 3.05) is 74.4 Å². The van der Waals surface area contributed by atoms with Crippen molar-refractivity contribution in [3.63, 3.8) is 0 Å². The van der Waals surface area contributed by atoms with Crippen molar-refractivity contribution in [2.24, 2.45) is 0 Å². The highest BCUT2D eigenvalue weighted by atomic mass is 16.5. The molecule has 0 aromatic carbocycles. The summed E-state index contributed by atoms with van der Waals surface area (Å²) in [5, 5.41) is 10.1. The first-order valence-electron chi connectivity index (χ1n) is 11.8. The molecule has 5 heterocycles. The van der Waals surface area contributed by atoms with Crippen LogP contribution in [0.3, 0.4) is 0 Å². The van der Waals surface area contributed by atoms with Crippen LogP contribution in [-0.2, 0) is 9.47 Å². The molecule has 0 amide bonds. The number of hydrogen-bond acceptors (Lipinski definition) is 10. The summed E-state index contributed by atoms with van der Waals surface area (Å²) in [4.78, 5) is 21.2. The van der Waals surface area contributed by atoms with Crippen LogP contribution in [0.25, 0.3) is 22.5 Å². The van der Waals surface area contributed by atoms with Crippen LogP contribution in [0.1, 0.15) is 13.8 Å². The number of likely N-dealkylation sites (N-methyl/N-ethyl adjacent to an activating group) is 1. The first kappa shape index (κ1) is 22.8. The van der Waals surface area contributed by atoms with Crippen LogP contribution in [0.2, 0.25) is 0 Å². The van der Waals surface area contributed by atoms with Crippen molar-refractivity contribution in [3.8, 4) is 11.5 Å². The molecular formula is C24H32N6O4. The lowest BCUT2D eigenvalue weighted by molar-refractivity contribution is 0.0973. The topological polar surface area (TPSA) is 100 Å². The van der Waals surface area contributed by atoms with E-state index in [2.05, 4.69) is 23.6 Å². The van der Waals surface area contributed by atoms with Gasteiger partial charge in [0, 0.05) is 32.7 Å². The third-order valence-electron chi connectivity index (χ3n) is 6.45. The van der Waals surface area contributed by atoms with Gasteiger partial charge in [-0.15, -0.1) is 0 Å². The average Bonchev–Trinajstić information content (AvgIpc) is 3.34. The Hall–Kier alpha value is -2.95. The van der Waals surface area contributed by atoms with E-state index in [1.807, 2.05) is 36.2 Å². The highest BCUT2D eigenvalue weighted by Gasteiger charge is 2.27. The first-order chi connectivity index (χ1) is 16.5. The number of aromatic nitrogens is 3. The van der Waals surface area contributed by atoms with Gasteiger partial charge in [0.25, 0.3) is 0 Å². The zero-order valence-electron chi connectivity index (χ0n) is 20.0. The van der Waals surface area contributed by atoms with Gasteiger partial charge < -0.3 is 33.7 Å². The summed E-state index contributed by atoms with van der Waals surface area (Å²) in [7, 11) is 1.88. The van der Waals surface area contributed by atoms with Gasteiger partial charge in [-0.2, -0.15) is 9.97 Å². The second kappa shape index (κ2) is 9.73. The fraction of sp³-hybridized carbons (Fsp3) is 0.542. The van der Waals surface area contributed by atoms with E-state index in [1.54, 1.807) is 0 Å². The highest BCUT2D eigenvalue weighted by Crippen LogP contribution is 2.32. The number of furan rings is 1. The minimum Gasteiger partial charge on any atom is -0.439 e. The molecule has 0 spiro atoms. The van der Waals surface area contributed by atoms with Crippen molar-refractivity contribution in [1.29, 1.82) is 0 Å². The van der Waals surface area contributed by atoms with Gasteiger partial charge in [0.1, 0.15) is 11.5 Å². The van der Waals surface area contributed by atoms with Gasteiger partial charge in [-0.3, -0.25) is 0 Å². The van der Waals surface area contributed by atoms with Gasteiger partial charge in [-0.1, -0.05) is 0 Å². The fourth-order valence-electron chi connectivity index (χ4n) is 4.46. The zero-order valence-corrected chi connectivity index (χ0v) is 20.0. The number of morpholine rings is 2. The standard InChI is InChI=1S/C24H32N6O4/c1-16-14-32-12-9-29(16)23-18-4-5-19(20-6-7-21(34-20)28(3)8-11-31)25-22(18)26-24(27-23)30-10-13-33-15-17(30)2/h4-7,16-17,31H,8-15H2,1-3H3/t16-,17-/m0/s1. The van der Waals surface area contributed by atoms with Gasteiger partial charge in [-0.05, 0) is 32.0 Å². The minimum absolute atomic E-state index is 0.0587. The number of pyridine rings is 1. The van der Waals surface area contributed by atoms with Crippen molar-refractivity contribution >= 4 is 28.7 Å². The summed E-state index contributed by atoms with van der Waals surface area (Å²) in [5.41, 5.74) is 1.34. The molecule has 2 atom stereocenters. The Kier molecular flexibility index (Phi) is 6.53. The van der Waals surface area contributed by atoms with Gasteiger partial charge in [0.05, 0.1) is 50.5 Å². The molecule has 1 N–H and O–H groups in total. The maximum atomic E-state index is 9.21. The zero-order chi connectivity index (χ0) is 23.7. The average molecular weight is 469 g/mol. The third kappa shape index (κ3) is 4.40. The molecular weight excluding hydrogens is 436 g/mol. The van der Waals surface area contributed by atoms with Gasteiger partial charge in [0.15, 0.2) is 17.3 Å². The fourth-order valence-corrected chi connectivity index (χ4v) is 4.46. The van der Waals surface area contributed by atoms with Crippen LogP contribution in [0.5, 0.6) is 0 Å². The van der Waals surface area contributed by atoms with E-state index in [1.165, 1.54) is 0 Å². The van der Waals surface area contributed by atoms with E-state index in [4.69, 9.17) is 28.8 Å². The number of nitrogens with zero attached hydrogens (tertiary/aromatic N) is 6. The number of aliphatic hydroxyl groups is 1. The van der Waals surface area contributed by atoms with Crippen molar-refractivity contribution in [1.82, 2.24) is 15.0 Å². The van der Waals surface area contributed by atoms with Crippen LogP contribution in [0.15, 0.2) is 28.7 Å². The SMILES string of the molecule is C[C@H]1COCCN1c1nc(N2CCOC[C@@H]2C)c2ccc(-c3ccc(N(C)CCO)o3)nc2n1. The summed E-state index contributed by atoms with van der Waals surface area (Å²) in [6, 6.07) is 8.15. The number of aliphatic hydroxyl groups excluding tert-OH is 1. The molecule has 0 unspecified atom stereocenters. The lowest BCUT2D eigenvalue weighted by Gasteiger charge is -2.37. The molecule has 2 aliphatic heterocycles. The second-order valence-corrected chi connectivity index (χ2v) is 8.93. The monoisotopic (exact) mass is 468 g/mol. The lowest BCUT2D eigenvalue weighted by Crippen LogP contribution is -2.46. The summed E-state index contributed by atoms with van der Waals surface area (Å²) >= 11 is 0.